The van der Waals surface area contributed by atoms with Crippen LogP contribution in [0.25, 0.3) is 0 Å². The van der Waals surface area contributed by atoms with Gasteiger partial charge in [-0.05, 0) is 44.1 Å². The van der Waals surface area contributed by atoms with Crippen LogP contribution in [0, 0.1) is 5.92 Å². The zero-order valence-electron chi connectivity index (χ0n) is 27.6. The van der Waals surface area contributed by atoms with Crippen molar-refractivity contribution in [3.8, 4) is 0 Å². The number of amides is 3. The number of carbonyl (C=O) groups excluding carboxylic acids is 3. The molecule has 1 aliphatic carbocycles. The molecule has 1 aromatic heterocycles. The Morgan fingerprint density at radius 1 is 0.938 bits per heavy atom. The highest BCUT2D eigenvalue weighted by Gasteiger charge is 2.34. The molecule has 0 saturated carbocycles. The summed E-state index contributed by atoms with van der Waals surface area (Å²) in [5.74, 6) is 0.848. The molecule has 3 amide bonds. The fourth-order valence-electron chi connectivity index (χ4n) is 5.06. The molecule has 0 radical (unpaired) electrons. The molecule has 1 aliphatic heterocycles. The van der Waals surface area contributed by atoms with E-state index in [0.717, 1.165) is 51.0 Å². The van der Waals surface area contributed by atoms with E-state index in [0.29, 0.717) is 82.2 Å². The van der Waals surface area contributed by atoms with Gasteiger partial charge in [-0.1, -0.05) is 41.8 Å². The van der Waals surface area contributed by atoms with Crippen LogP contribution < -0.4 is 10.6 Å². The molecule has 0 bridgehead atoms. The molecule has 2 N–H and O–H groups in total. The van der Waals surface area contributed by atoms with E-state index in [2.05, 4.69) is 15.8 Å². The Morgan fingerprint density at radius 3 is 2.35 bits per heavy atom. The number of nitrogens with zero attached hydrogens (tertiary/aromatic N) is 2. The second-order valence-electron chi connectivity index (χ2n) is 11.5. The highest BCUT2D eigenvalue weighted by atomic mass is 35.5. The molecule has 0 aromatic carbocycles. The Kier molecular flexibility index (Phi) is 20.3. The molecule has 2 atom stereocenters. The molecule has 15 heteroatoms. The van der Waals surface area contributed by atoms with Crippen molar-refractivity contribution in [1.29, 1.82) is 0 Å². The van der Waals surface area contributed by atoms with E-state index in [1.165, 1.54) is 0 Å². The maximum Gasteiger partial charge on any atom is 0.407 e. The van der Waals surface area contributed by atoms with Crippen molar-refractivity contribution in [2.45, 2.75) is 64.0 Å². The number of allylic oxidation sites excluding steroid dienone is 3. The predicted molar refractivity (Wildman–Crippen MR) is 180 cm³/mol. The topological polar surface area (TPSA) is 151 Å². The fraction of sp³-hybridized carbons (Fsp3) is 0.697. The second-order valence-corrected chi connectivity index (χ2v) is 12.3. The minimum Gasteiger partial charge on any atom is -0.443 e. The van der Waals surface area contributed by atoms with Crippen molar-refractivity contribution in [3.05, 3.63) is 40.8 Å². The maximum atomic E-state index is 13.0. The molecule has 48 heavy (non-hydrogen) atoms. The molecule has 1 aromatic rings. The van der Waals surface area contributed by atoms with E-state index in [4.69, 9.17) is 51.4 Å². The average Bonchev–Trinajstić information content (AvgIpc) is 3.76. The summed E-state index contributed by atoms with van der Waals surface area (Å²) in [6, 6.07) is 1.05. The van der Waals surface area contributed by atoms with E-state index < -0.39 is 12.1 Å². The summed E-state index contributed by atoms with van der Waals surface area (Å²) in [6.07, 6.45) is 11.6. The van der Waals surface area contributed by atoms with Gasteiger partial charge in [0.2, 0.25) is 11.8 Å². The number of rotatable bonds is 25. The quantitative estimate of drug-likeness (QED) is 0.112. The molecule has 3 rings (SSSR count). The summed E-state index contributed by atoms with van der Waals surface area (Å²) in [4.78, 5) is 39.4. The van der Waals surface area contributed by atoms with Gasteiger partial charge < -0.3 is 43.7 Å². The molecule has 2 heterocycles. The summed E-state index contributed by atoms with van der Waals surface area (Å²) in [7, 11) is 0. The standard InChI is InChI=1S/C33H50Cl2N4O9/c34-11-3-1-2-4-14-43-16-18-45-20-21-46-19-17-44-15-12-36-33(42)47-25-28-22-29(48-38-28)23-31(40)39-13-5-6-30(39)32(41)37-24-26-7-9-27(35)10-8-26/h7,9-10,22,26,30H,1-6,8,11-21,23-25H2,(H,36,42)(H,37,41)/t26?,30-/m0/s1. The third-order valence-corrected chi connectivity index (χ3v) is 8.19. The third kappa shape index (κ3) is 16.6. The van der Waals surface area contributed by atoms with Crippen molar-refractivity contribution in [2.24, 2.45) is 5.92 Å². The van der Waals surface area contributed by atoms with E-state index in [1.54, 1.807) is 11.0 Å². The van der Waals surface area contributed by atoms with E-state index in [1.807, 2.05) is 18.2 Å². The van der Waals surface area contributed by atoms with Gasteiger partial charge in [0.05, 0.1) is 52.7 Å². The SMILES string of the molecule is O=C(NCCOCCOCCOCCOCCCCCCCl)OCc1cc(CC(=O)N2CCC[C@H]2C(=O)NCC2C=CC(Cl)=CC2)on1. The molecule has 270 valence electrons. The number of hydrogen-bond donors (Lipinski definition) is 2. The number of alkyl carbamates (subject to hydrolysis) is 1. The van der Waals surface area contributed by atoms with Crippen LogP contribution in [0.2, 0.25) is 0 Å². The highest BCUT2D eigenvalue weighted by Crippen LogP contribution is 2.21. The van der Waals surface area contributed by atoms with E-state index in [-0.39, 0.29) is 37.3 Å². The van der Waals surface area contributed by atoms with Crippen LogP contribution in [0.3, 0.4) is 0 Å². The summed E-state index contributed by atoms with van der Waals surface area (Å²) in [5, 5.41) is 10.1. The monoisotopic (exact) mass is 716 g/mol. The Balaban J connectivity index is 1.15. The Labute approximate surface area is 292 Å². The number of carbonyl (C=O) groups is 3. The Morgan fingerprint density at radius 2 is 1.65 bits per heavy atom. The van der Waals surface area contributed by atoms with Crippen LogP contribution in [0.1, 0.15) is 56.4 Å². The van der Waals surface area contributed by atoms with Crippen molar-refractivity contribution in [3.63, 3.8) is 0 Å². The normalized spacial score (nSPS) is 17.4. The highest BCUT2D eigenvalue weighted by molar-refractivity contribution is 6.31. The second kappa shape index (κ2) is 24.5. The van der Waals surface area contributed by atoms with Crippen molar-refractivity contribution < 1.29 is 42.6 Å². The van der Waals surface area contributed by atoms with Gasteiger partial charge in [0, 0.05) is 43.2 Å². The smallest absolute Gasteiger partial charge is 0.407 e. The molecule has 1 saturated heterocycles. The molecule has 0 spiro atoms. The van der Waals surface area contributed by atoms with E-state index >= 15 is 0 Å². The lowest BCUT2D eigenvalue weighted by Gasteiger charge is -2.24. The fourth-order valence-corrected chi connectivity index (χ4v) is 5.42. The lowest BCUT2D eigenvalue weighted by Crippen LogP contribution is -2.47. The zero-order chi connectivity index (χ0) is 34.2. The van der Waals surface area contributed by atoms with Gasteiger partial charge in [0.1, 0.15) is 24.1 Å². The van der Waals surface area contributed by atoms with Gasteiger partial charge in [-0.2, -0.15) is 0 Å². The number of halogens is 2. The lowest BCUT2D eigenvalue weighted by atomic mass is 10.0. The van der Waals surface area contributed by atoms with Gasteiger partial charge >= 0.3 is 6.09 Å². The van der Waals surface area contributed by atoms with Gasteiger partial charge in [-0.3, -0.25) is 9.59 Å². The summed E-state index contributed by atoms with van der Waals surface area (Å²) < 4.78 is 32.3. The van der Waals surface area contributed by atoms with Gasteiger partial charge in [0.25, 0.3) is 0 Å². The summed E-state index contributed by atoms with van der Waals surface area (Å²) in [5.41, 5.74) is 0.372. The van der Waals surface area contributed by atoms with Gasteiger partial charge in [0.15, 0.2) is 0 Å². The average molecular weight is 718 g/mol. The number of alkyl halides is 1. The largest absolute Gasteiger partial charge is 0.443 e. The Hall–Kier alpha value is -2.68. The molecular formula is C33H50Cl2N4O9. The number of unbranched alkanes of at least 4 members (excludes halogenated alkanes) is 3. The number of aromatic nitrogens is 1. The minimum absolute atomic E-state index is 0.0446. The molecule has 13 nitrogen and oxygen atoms in total. The maximum absolute atomic E-state index is 13.0. The number of nitrogens with one attached hydrogen (secondary N) is 2. The molecular weight excluding hydrogens is 667 g/mol. The van der Waals surface area contributed by atoms with Crippen LogP contribution in [0.5, 0.6) is 0 Å². The predicted octanol–water partition coefficient (Wildman–Crippen LogP) is 4.11. The first-order valence-corrected chi connectivity index (χ1v) is 17.7. The van der Waals surface area contributed by atoms with Crippen molar-refractivity contribution in [2.75, 3.05) is 78.4 Å². The lowest BCUT2D eigenvalue weighted by molar-refractivity contribution is -0.138. The summed E-state index contributed by atoms with van der Waals surface area (Å²) in [6.45, 7) is 5.05. The number of likely N-dealkylation sites (tertiary alicyclic amines) is 1. The van der Waals surface area contributed by atoms with Crippen molar-refractivity contribution >= 4 is 41.1 Å². The van der Waals surface area contributed by atoms with Gasteiger partial charge in [-0.25, -0.2) is 4.79 Å². The first-order chi connectivity index (χ1) is 23.5. The summed E-state index contributed by atoms with van der Waals surface area (Å²) >= 11 is 11.6. The molecule has 1 fully saturated rings. The van der Waals surface area contributed by atoms with Crippen LogP contribution in [0.15, 0.2) is 33.8 Å². The first kappa shape index (κ1) is 39.8. The minimum atomic E-state index is -0.628. The molecule has 1 unspecified atom stereocenters. The first-order valence-electron chi connectivity index (χ1n) is 16.8. The van der Waals surface area contributed by atoms with Crippen LogP contribution in [0.4, 0.5) is 4.79 Å². The number of hydrogen-bond acceptors (Lipinski definition) is 10. The van der Waals surface area contributed by atoms with Crippen LogP contribution in [-0.2, 0) is 46.3 Å². The zero-order valence-corrected chi connectivity index (χ0v) is 29.1. The van der Waals surface area contributed by atoms with E-state index in [9.17, 15) is 14.4 Å². The van der Waals surface area contributed by atoms with Gasteiger partial charge in [-0.15, -0.1) is 11.6 Å². The van der Waals surface area contributed by atoms with Crippen LogP contribution in [-0.4, -0.2) is 112 Å². The number of ether oxygens (including phenoxy) is 5. The third-order valence-electron chi connectivity index (χ3n) is 7.65. The molecule has 2 aliphatic rings. The van der Waals surface area contributed by atoms with Crippen LogP contribution >= 0.6 is 23.2 Å². The van der Waals surface area contributed by atoms with Crippen molar-refractivity contribution in [1.82, 2.24) is 20.7 Å². The Bertz CT molecular complexity index is 1150.